The Hall–Kier alpha value is -1.79. The SMILES string of the molecule is CCNC(NCC)=C(C(=O)OCC)[N+](=O)[O-]. The first kappa shape index (κ1) is 14.2. The van der Waals surface area contributed by atoms with Gasteiger partial charge in [-0.2, -0.15) is 0 Å². The third kappa shape index (κ3) is 4.16. The molecule has 0 spiro atoms. The second-order valence-electron chi connectivity index (χ2n) is 2.76. The number of esters is 1. The highest BCUT2D eigenvalue weighted by atomic mass is 16.6. The molecule has 0 fully saturated rings. The van der Waals surface area contributed by atoms with E-state index in [9.17, 15) is 14.9 Å². The van der Waals surface area contributed by atoms with Gasteiger partial charge in [-0.3, -0.25) is 10.1 Å². The van der Waals surface area contributed by atoms with Crippen molar-refractivity contribution in [3.63, 3.8) is 0 Å². The summed E-state index contributed by atoms with van der Waals surface area (Å²) in [6, 6.07) is 0. The van der Waals surface area contributed by atoms with Crippen LogP contribution in [0.1, 0.15) is 20.8 Å². The summed E-state index contributed by atoms with van der Waals surface area (Å²) in [7, 11) is 0. The summed E-state index contributed by atoms with van der Waals surface area (Å²) in [6.45, 7) is 6.19. The number of nitro groups is 1. The van der Waals surface area contributed by atoms with E-state index >= 15 is 0 Å². The van der Waals surface area contributed by atoms with E-state index in [1.165, 1.54) is 0 Å². The average molecular weight is 231 g/mol. The fourth-order valence-electron chi connectivity index (χ4n) is 1.05. The monoisotopic (exact) mass is 231 g/mol. The molecule has 0 saturated carbocycles. The van der Waals surface area contributed by atoms with Crippen molar-refractivity contribution < 1.29 is 14.5 Å². The van der Waals surface area contributed by atoms with Crippen molar-refractivity contribution >= 4 is 5.97 Å². The van der Waals surface area contributed by atoms with Crippen LogP contribution in [-0.2, 0) is 9.53 Å². The van der Waals surface area contributed by atoms with Gasteiger partial charge < -0.3 is 15.4 Å². The lowest BCUT2D eigenvalue weighted by Gasteiger charge is -2.10. The normalized spacial score (nSPS) is 9.19. The average Bonchev–Trinajstić information content (AvgIpc) is 2.18. The molecular formula is C9H17N3O4. The minimum atomic E-state index is -0.940. The van der Waals surface area contributed by atoms with E-state index in [4.69, 9.17) is 0 Å². The number of nitrogens with one attached hydrogen (secondary N) is 2. The summed E-state index contributed by atoms with van der Waals surface area (Å²) in [5.41, 5.74) is -0.592. The van der Waals surface area contributed by atoms with Crippen LogP contribution in [0.5, 0.6) is 0 Å². The van der Waals surface area contributed by atoms with Crippen molar-refractivity contribution in [2.24, 2.45) is 0 Å². The van der Waals surface area contributed by atoms with E-state index in [0.29, 0.717) is 13.1 Å². The Morgan fingerprint density at radius 3 is 2.06 bits per heavy atom. The number of hydrogen-bond acceptors (Lipinski definition) is 6. The first-order valence-corrected chi connectivity index (χ1v) is 5.11. The zero-order valence-corrected chi connectivity index (χ0v) is 9.70. The minimum Gasteiger partial charge on any atom is -0.458 e. The Balaban J connectivity index is 5.12. The van der Waals surface area contributed by atoms with Crippen molar-refractivity contribution in [1.29, 1.82) is 0 Å². The molecule has 0 saturated heterocycles. The largest absolute Gasteiger partial charge is 0.458 e. The van der Waals surface area contributed by atoms with Crippen LogP contribution in [0.15, 0.2) is 11.5 Å². The van der Waals surface area contributed by atoms with Crippen LogP contribution in [0.4, 0.5) is 0 Å². The fourth-order valence-corrected chi connectivity index (χ4v) is 1.05. The molecule has 92 valence electrons. The summed E-state index contributed by atoms with van der Waals surface area (Å²) < 4.78 is 4.62. The third-order valence-electron chi connectivity index (χ3n) is 1.60. The van der Waals surface area contributed by atoms with Crippen molar-refractivity contribution in [3.8, 4) is 0 Å². The Kier molecular flexibility index (Phi) is 6.66. The second-order valence-corrected chi connectivity index (χ2v) is 2.76. The topological polar surface area (TPSA) is 93.5 Å². The van der Waals surface area contributed by atoms with E-state index in [1.54, 1.807) is 20.8 Å². The minimum absolute atomic E-state index is 0.0912. The Morgan fingerprint density at radius 1 is 1.25 bits per heavy atom. The number of carbonyl (C=O) groups excluding carboxylic acids is 1. The van der Waals surface area contributed by atoms with Gasteiger partial charge in [-0.25, -0.2) is 4.79 Å². The molecule has 0 aliphatic heterocycles. The second kappa shape index (κ2) is 7.49. The summed E-state index contributed by atoms with van der Waals surface area (Å²) >= 11 is 0. The lowest BCUT2D eigenvalue weighted by molar-refractivity contribution is -0.423. The highest BCUT2D eigenvalue weighted by molar-refractivity contribution is 5.86. The molecule has 0 aromatic carbocycles. The summed E-state index contributed by atoms with van der Waals surface area (Å²) in [6.07, 6.45) is 0. The van der Waals surface area contributed by atoms with Crippen LogP contribution in [0, 0.1) is 10.1 Å². The molecule has 0 aliphatic carbocycles. The molecule has 0 radical (unpaired) electrons. The molecule has 0 aromatic heterocycles. The van der Waals surface area contributed by atoms with Gasteiger partial charge in [0, 0.05) is 13.1 Å². The highest BCUT2D eigenvalue weighted by Crippen LogP contribution is 2.03. The number of hydrogen-bond donors (Lipinski definition) is 2. The number of carbonyl (C=O) groups is 1. The van der Waals surface area contributed by atoms with Gasteiger partial charge in [0.25, 0.3) is 0 Å². The molecule has 0 aliphatic rings. The van der Waals surface area contributed by atoms with Crippen LogP contribution in [0.3, 0.4) is 0 Å². The molecule has 0 aromatic rings. The lowest BCUT2D eigenvalue weighted by atomic mass is 10.4. The van der Waals surface area contributed by atoms with Crippen molar-refractivity contribution in [3.05, 3.63) is 21.6 Å². The molecule has 2 N–H and O–H groups in total. The van der Waals surface area contributed by atoms with Gasteiger partial charge >= 0.3 is 11.7 Å². The predicted molar refractivity (Wildman–Crippen MR) is 58.0 cm³/mol. The van der Waals surface area contributed by atoms with Gasteiger partial charge in [0.05, 0.1) is 11.5 Å². The van der Waals surface area contributed by atoms with Gasteiger partial charge in [-0.1, -0.05) is 0 Å². The predicted octanol–water partition coefficient (Wildman–Crippen LogP) is 0.214. The van der Waals surface area contributed by atoms with E-state index in [1.807, 2.05) is 0 Å². The van der Waals surface area contributed by atoms with Crippen LogP contribution in [0.25, 0.3) is 0 Å². The van der Waals surface area contributed by atoms with Gasteiger partial charge in [-0.05, 0) is 20.8 Å². The molecule has 16 heavy (non-hydrogen) atoms. The molecule has 0 amide bonds. The zero-order valence-electron chi connectivity index (χ0n) is 9.70. The van der Waals surface area contributed by atoms with Gasteiger partial charge in [-0.15, -0.1) is 0 Å². The Bertz CT molecular complexity index is 280. The summed E-state index contributed by atoms with van der Waals surface area (Å²) in [4.78, 5) is 21.4. The van der Waals surface area contributed by atoms with Crippen LogP contribution >= 0.6 is 0 Å². The van der Waals surface area contributed by atoms with E-state index < -0.39 is 16.6 Å². The van der Waals surface area contributed by atoms with E-state index in [2.05, 4.69) is 15.4 Å². The number of nitrogens with zero attached hydrogens (tertiary/aromatic N) is 1. The summed E-state index contributed by atoms with van der Waals surface area (Å²) in [5.74, 6) is -0.849. The molecule has 0 rings (SSSR count). The molecule has 0 unspecified atom stereocenters. The first-order chi connectivity index (χ1) is 7.58. The fraction of sp³-hybridized carbons (Fsp3) is 0.667. The summed E-state index contributed by atoms with van der Waals surface area (Å²) in [5, 5.41) is 16.2. The van der Waals surface area contributed by atoms with Gasteiger partial charge in [0.1, 0.15) is 0 Å². The van der Waals surface area contributed by atoms with Crippen molar-refractivity contribution in [2.45, 2.75) is 20.8 Å². The maximum Gasteiger partial charge on any atom is 0.413 e. The molecule has 0 atom stereocenters. The zero-order chi connectivity index (χ0) is 12.6. The van der Waals surface area contributed by atoms with Crippen LogP contribution in [0.2, 0.25) is 0 Å². The van der Waals surface area contributed by atoms with Crippen molar-refractivity contribution in [2.75, 3.05) is 19.7 Å². The molecule has 7 heteroatoms. The van der Waals surface area contributed by atoms with Crippen molar-refractivity contribution in [1.82, 2.24) is 10.6 Å². The van der Waals surface area contributed by atoms with Crippen LogP contribution in [-0.4, -0.2) is 30.6 Å². The third-order valence-corrected chi connectivity index (χ3v) is 1.60. The molecule has 0 heterocycles. The Labute approximate surface area is 94.0 Å². The molecule has 0 bridgehead atoms. The maximum absolute atomic E-state index is 11.4. The number of ether oxygens (including phenoxy) is 1. The highest BCUT2D eigenvalue weighted by Gasteiger charge is 2.29. The number of rotatable bonds is 7. The van der Waals surface area contributed by atoms with Crippen LogP contribution < -0.4 is 10.6 Å². The molecule has 7 nitrogen and oxygen atoms in total. The first-order valence-electron chi connectivity index (χ1n) is 5.11. The van der Waals surface area contributed by atoms with Gasteiger partial charge in [0.2, 0.25) is 0 Å². The van der Waals surface area contributed by atoms with E-state index in [0.717, 1.165) is 0 Å². The Morgan fingerprint density at radius 2 is 1.75 bits per heavy atom. The quantitative estimate of drug-likeness (QED) is 0.281. The maximum atomic E-state index is 11.4. The van der Waals surface area contributed by atoms with E-state index in [-0.39, 0.29) is 12.4 Å². The smallest absolute Gasteiger partial charge is 0.413 e. The molecular weight excluding hydrogens is 214 g/mol. The standard InChI is InChI=1S/C9H17N3O4/c1-4-10-8(11-5-2)7(12(14)15)9(13)16-6-3/h10-11H,4-6H2,1-3H3. The lowest BCUT2D eigenvalue weighted by Crippen LogP contribution is -2.32. The van der Waals surface area contributed by atoms with Gasteiger partial charge in [0.15, 0.2) is 5.82 Å².